The Labute approximate surface area is 202 Å². The molecule has 1 saturated heterocycles. The van der Waals surface area contributed by atoms with Crippen LogP contribution in [0.4, 0.5) is 13.6 Å². The monoisotopic (exact) mass is 492 g/mol. The number of hydrogen-bond acceptors (Lipinski definition) is 6. The molecule has 2 aromatic carbocycles. The predicted octanol–water partition coefficient (Wildman–Crippen LogP) is 4.11. The van der Waals surface area contributed by atoms with Gasteiger partial charge in [0.25, 0.3) is 0 Å². The number of carbonyl (C=O) groups excluding carboxylic acids is 1. The molecule has 0 aromatic heterocycles. The molecular weight excluding hydrogens is 462 g/mol. The highest BCUT2D eigenvalue weighted by Gasteiger charge is 2.47. The summed E-state index contributed by atoms with van der Waals surface area (Å²) in [5.41, 5.74) is 0.121. The van der Waals surface area contributed by atoms with Crippen molar-refractivity contribution in [3.05, 3.63) is 81.4 Å². The van der Waals surface area contributed by atoms with Crippen LogP contribution in [-0.4, -0.2) is 57.5 Å². The van der Waals surface area contributed by atoms with E-state index in [0.29, 0.717) is 6.07 Å². The van der Waals surface area contributed by atoms with E-state index in [9.17, 15) is 28.8 Å². The van der Waals surface area contributed by atoms with Crippen LogP contribution in [0.1, 0.15) is 38.3 Å². The number of hydrogen-bond donors (Lipinski definition) is 1. The molecule has 1 amide bonds. The summed E-state index contributed by atoms with van der Waals surface area (Å²) in [5, 5.41) is 22.9. The first-order valence-corrected chi connectivity index (χ1v) is 11.3. The summed E-state index contributed by atoms with van der Waals surface area (Å²) in [4.78, 5) is 25.3. The molecule has 1 aliphatic heterocycles. The Hall–Kier alpha value is -3.11. The van der Waals surface area contributed by atoms with Gasteiger partial charge in [-0.1, -0.05) is 30.3 Å². The van der Waals surface area contributed by atoms with Gasteiger partial charge in [-0.05, 0) is 50.5 Å². The van der Waals surface area contributed by atoms with Crippen LogP contribution < -0.4 is 0 Å². The zero-order chi connectivity index (χ0) is 25.8. The van der Waals surface area contributed by atoms with Crippen molar-refractivity contribution in [2.45, 2.75) is 70.1 Å². The molecule has 1 fully saturated rings. The molecule has 0 bridgehead atoms. The molecular formula is C25H30F2N2O6. The number of likely N-dealkylation sites (tertiary alicyclic amines) is 1. The van der Waals surface area contributed by atoms with Gasteiger partial charge >= 0.3 is 6.09 Å². The Kier molecular flexibility index (Phi) is 8.39. The summed E-state index contributed by atoms with van der Waals surface area (Å²) >= 11 is 0. The first-order chi connectivity index (χ1) is 16.4. The smallest absolute Gasteiger partial charge is 0.410 e. The number of rotatable bonds is 8. The van der Waals surface area contributed by atoms with Crippen molar-refractivity contribution in [3.8, 4) is 0 Å². The Balaban J connectivity index is 1.80. The quantitative estimate of drug-likeness (QED) is 0.440. The van der Waals surface area contributed by atoms with Crippen molar-refractivity contribution < 1.29 is 33.1 Å². The summed E-state index contributed by atoms with van der Waals surface area (Å²) < 4.78 is 38.6. The number of aliphatic hydroxyl groups is 1. The highest BCUT2D eigenvalue weighted by atomic mass is 19.1. The molecule has 2 aromatic rings. The molecule has 10 heteroatoms. The largest absolute Gasteiger partial charge is 0.444 e. The number of carbonyl (C=O) groups is 1. The lowest BCUT2D eigenvalue weighted by Crippen LogP contribution is -2.51. The van der Waals surface area contributed by atoms with Gasteiger partial charge in [-0.15, -0.1) is 0 Å². The minimum atomic E-state index is -1.63. The van der Waals surface area contributed by atoms with Crippen LogP contribution >= 0.6 is 0 Å². The zero-order valence-electron chi connectivity index (χ0n) is 19.9. The van der Waals surface area contributed by atoms with Crippen LogP contribution in [0.2, 0.25) is 0 Å². The molecule has 4 atom stereocenters. The summed E-state index contributed by atoms with van der Waals surface area (Å²) in [6.45, 7) is 5.40. The van der Waals surface area contributed by atoms with E-state index in [1.165, 1.54) is 4.90 Å². The summed E-state index contributed by atoms with van der Waals surface area (Å²) in [6, 6.07) is 9.40. The second-order valence-corrected chi connectivity index (χ2v) is 9.68. The average Bonchev–Trinajstić information content (AvgIpc) is 3.19. The highest BCUT2D eigenvalue weighted by molar-refractivity contribution is 5.69. The third kappa shape index (κ3) is 7.43. The minimum absolute atomic E-state index is 0.0296. The fourth-order valence-corrected chi connectivity index (χ4v) is 4.14. The van der Waals surface area contributed by atoms with Gasteiger partial charge in [0.05, 0.1) is 25.3 Å². The van der Waals surface area contributed by atoms with Crippen molar-refractivity contribution in [2.24, 2.45) is 0 Å². The third-order valence-electron chi connectivity index (χ3n) is 5.69. The van der Waals surface area contributed by atoms with Gasteiger partial charge in [0, 0.05) is 17.4 Å². The summed E-state index contributed by atoms with van der Waals surface area (Å²) in [6.07, 6.45) is -3.14. The number of nitro groups is 1. The van der Waals surface area contributed by atoms with Gasteiger partial charge in [0.2, 0.25) is 6.04 Å². The van der Waals surface area contributed by atoms with Gasteiger partial charge in [-0.25, -0.2) is 13.6 Å². The molecule has 0 radical (unpaired) electrons. The standard InChI is InChI=1S/C25H30F2N2O6/c1-25(2,3)35-24(31)28-14-20(34-15-16-7-5-4-6-8-16)13-21(28)23(30)22(29(32)33)11-17-9-18(26)12-19(27)10-17/h4-10,12,20-23,30H,11,13-15H2,1-3H3. The average molecular weight is 493 g/mol. The molecule has 0 saturated carbocycles. The van der Waals surface area contributed by atoms with E-state index >= 15 is 0 Å². The van der Waals surface area contributed by atoms with E-state index in [4.69, 9.17) is 9.47 Å². The van der Waals surface area contributed by atoms with Crippen LogP contribution in [0.5, 0.6) is 0 Å². The van der Waals surface area contributed by atoms with E-state index in [1.54, 1.807) is 20.8 Å². The highest BCUT2D eigenvalue weighted by Crippen LogP contribution is 2.29. The summed E-state index contributed by atoms with van der Waals surface area (Å²) in [5.74, 6) is -1.75. The maximum atomic E-state index is 13.6. The van der Waals surface area contributed by atoms with Crippen LogP contribution in [0.3, 0.4) is 0 Å². The first-order valence-electron chi connectivity index (χ1n) is 11.3. The molecule has 0 spiro atoms. The zero-order valence-corrected chi connectivity index (χ0v) is 19.9. The Morgan fingerprint density at radius 2 is 1.80 bits per heavy atom. The fraction of sp³-hybridized carbons (Fsp3) is 0.480. The topological polar surface area (TPSA) is 102 Å². The number of ether oxygens (including phenoxy) is 2. The molecule has 3 rings (SSSR count). The predicted molar refractivity (Wildman–Crippen MR) is 123 cm³/mol. The second kappa shape index (κ2) is 11.1. The lowest BCUT2D eigenvalue weighted by atomic mass is 9.95. The van der Waals surface area contributed by atoms with Gasteiger partial charge < -0.3 is 14.6 Å². The van der Waals surface area contributed by atoms with E-state index in [0.717, 1.165) is 17.7 Å². The fourth-order valence-electron chi connectivity index (χ4n) is 4.14. The molecule has 1 heterocycles. The van der Waals surface area contributed by atoms with Crippen molar-refractivity contribution >= 4 is 6.09 Å². The molecule has 190 valence electrons. The molecule has 8 nitrogen and oxygen atoms in total. The molecule has 1 N–H and O–H groups in total. The Morgan fingerprint density at radius 1 is 1.17 bits per heavy atom. The number of amides is 1. The maximum absolute atomic E-state index is 13.6. The molecule has 35 heavy (non-hydrogen) atoms. The minimum Gasteiger partial charge on any atom is -0.444 e. The number of nitrogens with zero attached hydrogens (tertiary/aromatic N) is 2. The van der Waals surface area contributed by atoms with Crippen LogP contribution in [-0.2, 0) is 22.5 Å². The maximum Gasteiger partial charge on any atom is 0.410 e. The molecule has 4 unspecified atom stereocenters. The van der Waals surface area contributed by atoms with E-state index in [1.807, 2.05) is 30.3 Å². The van der Waals surface area contributed by atoms with Crippen molar-refractivity contribution in [3.63, 3.8) is 0 Å². The van der Waals surface area contributed by atoms with Crippen LogP contribution in [0, 0.1) is 21.7 Å². The Bertz CT molecular complexity index is 1010. The number of benzene rings is 2. The lowest BCUT2D eigenvalue weighted by molar-refractivity contribution is -0.535. The number of aliphatic hydroxyl groups excluding tert-OH is 1. The second-order valence-electron chi connectivity index (χ2n) is 9.68. The van der Waals surface area contributed by atoms with Crippen LogP contribution in [0.15, 0.2) is 48.5 Å². The molecule has 0 aliphatic carbocycles. The lowest BCUT2D eigenvalue weighted by Gasteiger charge is -2.31. The van der Waals surface area contributed by atoms with E-state index in [-0.39, 0.29) is 25.1 Å². The number of halogens is 2. The first kappa shape index (κ1) is 26.5. The van der Waals surface area contributed by atoms with Gasteiger partial charge in [-0.2, -0.15) is 0 Å². The van der Waals surface area contributed by atoms with Gasteiger partial charge in [-0.3, -0.25) is 15.0 Å². The normalized spacial score (nSPS) is 19.9. The van der Waals surface area contributed by atoms with Crippen molar-refractivity contribution in [2.75, 3.05) is 6.54 Å². The molecule has 1 aliphatic rings. The van der Waals surface area contributed by atoms with Crippen molar-refractivity contribution in [1.29, 1.82) is 0 Å². The third-order valence-corrected chi connectivity index (χ3v) is 5.69. The van der Waals surface area contributed by atoms with Gasteiger partial charge in [0.1, 0.15) is 23.3 Å². The Morgan fingerprint density at radius 3 is 2.37 bits per heavy atom. The SMILES string of the molecule is CC(C)(C)OC(=O)N1CC(OCc2ccccc2)CC1C(O)C(Cc1cc(F)cc(F)c1)[N+](=O)[O-]. The summed E-state index contributed by atoms with van der Waals surface area (Å²) in [7, 11) is 0. The van der Waals surface area contributed by atoms with Crippen LogP contribution in [0.25, 0.3) is 0 Å². The van der Waals surface area contributed by atoms with Gasteiger partial charge in [0.15, 0.2) is 0 Å². The van der Waals surface area contributed by atoms with E-state index in [2.05, 4.69) is 0 Å². The van der Waals surface area contributed by atoms with E-state index < -0.39 is 59.0 Å². The van der Waals surface area contributed by atoms with Crippen molar-refractivity contribution in [1.82, 2.24) is 4.90 Å².